The molecule has 0 aliphatic rings. The Morgan fingerprint density at radius 3 is 2.77 bits per heavy atom. The van der Waals surface area contributed by atoms with Crippen molar-refractivity contribution < 1.29 is 9.21 Å². The number of pyridine rings is 2. The highest BCUT2D eigenvalue weighted by Gasteiger charge is 2.04. The highest BCUT2D eigenvalue weighted by atomic mass is 16.3. The summed E-state index contributed by atoms with van der Waals surface area (Å²) in [6.07, 6.45) is 8.73. The fourth-order valence-electron chi connectivity index (χ4n) is 2.06. The third-order valence-corrected chi connectivity index (χ3v) is 3.22. The third kappa shape index (κ3) is 3.58. The molecule has 0 unspecified atom stereocenters. The number of carbonyl (C=O) groups is 1. The second kappa shape index (κ2) is 6.67. The lowest BCUT2D eigenvalue weighted by Crippen LogP contribution is -2.24. The van der Waals surface area contributed by atoms with E-state index in [0.29, 0.717) is 13.0 Å². The first-order chi connectivity index (χ1) is 10.8. The van der Waals surface area contributed by atoms with Gasteiger partial charge in [-0.25, -0.2) is 0 Å². The average Bonchev–Trinajstić information content (AvgIpc) is 3.09. The third-order valence-electron chi connectivity index (χ3n) is 3.22. The van der Waals surface area contributed by atoms with Crippen molar-refractivity contribution in [3.05, 3.63) is 72.6 Å². The van der Waals surface area contributed by atoms with Crippen LogP contribution >= 0.6 is 0 Å². The molecule has 110 valence electrons. The molecule has 5 heteroatoms. The number of hydrogen-bond acceptors (Lipinski definition) is 4. The minimum Gasteiger partial charge on any atom is -0.472 e. The van der Waals surface area contributed by atoms with Crippen LogP contribution in [0.3, 0.4) is 0 Å². The number of furan rings is 1. The van der Waals surface area contributed by atoms with Crippen molar-refractivity contribution in [2.45, 2.75) is 13.0 Å². The van der Waals surface area contributed by atoms with Crippen molar-refractivity contribution in [2.24, 2.45) is 0 Å². The first-order valence-electron chi connectivity index (χ1n) is 6.94. The van der Waals surface area contributed by atoms with E-state index in [9.17, 15) is 4.79 Å². The van der Waals surface area contributed by atoms with E-state index in [2.05, 4.69) is 15.3 Å². The summed E-state index contributed by atoms with van der Waals surface area (Å²) in [4.78, 5) is 20.2. The summed E-state index contributed by atoms with van der Waals surface area (Å²) in [7, 11) is 0. The lowest BCUT2D eigenvalue weighted by molar-refractivity contribution is -0.120. The van der Waals surface area contributed by atoms with Crippen LogP contribution in [0, 0.1) is 0 Å². The van der Waals surface area contributed by atoms with Gasteiger partial charge in [0.15, 0.2) is 0 Å². The standard InChI is InChI=1S/C17H15N3O2/c21-17(8-13-2-1-6-18-9-13)20-11-14-3-4-16(19-10-14)15-5-7-22-12-15/h1-7,9-10,12H,8,11H2,(H,20,21). The van der Waals surface area contributed by atoms with Crippen molar-refractivity contribution in [3.63, 3.8) is 0 Å². The van der Waals surface area contributed by atoms with E-state index in [1.807, 2.05) is 30.3 Å². The Morgan fingerprint density at radius 2 is 2.09 bits per heavy atom. The summed E-state index contributed by atoms with van der Waals surface area (Å²) in [6, 6.07) is 9.42. The minimum atomic E-state index is -0.0353. The van der Waals surface area contributed by atoms with Gasteiger partial charge in [0.25, 0.3) is 0 Å². The maximum Gasteiger partial charge on any atom is 0.224 e. The van der Waals surface area contributed by atoms with Crippen LogP contribution in [0.25, 0.3) is 11.3 Å². The molecule has 0 spiro atoms. The number of amides is 1. The molecule has 0 fully saturated rings. The number of hydrogen-bond donors (Lipinski definition) is 1. The Morgan fingerprint density at radius 1 is 1.14 bits per heavy atom. The molecule has 0 saturated heterocycles. The van der Waals surface area contributed by atoms with Gasteiger partial charge in [-0.15, -0.1) is 0 Å². The summed E-state index contributed by atoms with van der Waals surface area (Å²) in [6.45, 7) is 0.456. The van der Waals surface area contributed by atoms with Crippen molar-refractivity contribution in [3.8, 4) is 11.3 Å². The Bertz CT molecular complexity index is 722. The molecule has 22 heavy (non-hydrogen) atoms. The van der Waals surface area contributed by atoms with Crippen LogP contribution in [0.1, 0.15) is 11.1 Å². The van der Waals surface area contributed by atoms with Gasteiger partial charge in [-0.1, -0.05) is 12.1 Å². The molecule has 0 atom stereocenters. The van der Waals surface area contributed by atoms with Crippen LogP contribution in [-0.4, -0.2) is 15.9 Å². The predicted molar refractivity (Wildman–Crippen MR) is 81.7 cm³/mol. The topological polar surface area (TPSA) is 68.0 Å². The highest BCUT2D eigenvalue weighted by Crippen LogP contribution is 2.16. The molecule has 5 nitrogen and oxygen atoms in total. The van der Waals surface area contributed by atoms with Crippen LogP contribution in [0.5, 0.6) is 0 Å². The number of carbonyl (C=O) groups excluding carboxylic acids is 1. The Kier molecular flexibility index (Phi) is 4.25. The minimum absolute atomic E-state index is 0.0353. The molecule has 0 bridgehead atoms. The predicted octanol–water partition coefficient (Wildman–Crippen LogP) is 2.60. The second-order valence-electron chi connectivity index (χ2n) is 4.88. The number of aromatic nitrogens is 2. The lowest BCUT2D eigenvalue weighted by Gasteiger charge is -2.05. The molecular formula is C17H15N3O2. The quantitative estimate of drug-likeness (QED) is 0.785. The molecule has 1 N–H and O–H groups in total. The van der Waals surface area contributed by atoms with Gasteiger partial charge in [-0.2, -0.15) is 0 Å². The molecule has 3 rings (SSSR count). The molecule has 0 aromatic carbocycles. The molecule has 0 radical (unpaired) electrons. The smallest absolute Gasteiger partial charge is 0.224 e. The van der Waals surface area contributed by atoms with E-state index < -0.39 is 0 Å². The highest BCUT2D eigenvalue weighted by molar-refractivity contribution is 5.78. The number of rotatable bonds is 5. The van der Waals surface area contributed by atoms with Crippen LogP contribution in [0.2, 0.25) is 0 Å². The Labute approximate surface area is 128 Å². The molecular weight excluding hydrogens is 278 g/mol. The normalized spacial score (nSPS) is 10.4. The average molecular weight is 293 g/mol. The summed E-state index contributed by atoms with van der Waals surface area (Å²) in [5.74, 6) is -0.0353. The zero-order chi connectivity index (χ0) is 15.2. The maximum absolute atomic E-state index is 11.9. The van der Waals surface area contributed by atoms with E-state index >= 15 is 0 Å². The van der Waals surface area contributed by atoms with Gasteiger partial charge >= 0.3 is 0 Å². The van der Waals surface area contributed by atoms with Crippen molar-refractivity contribution in [2.75, 3.05) is 0 Å². The van der Waals surface area contributed by atoms with Crippen molar-refractivity contribution >= 4 is 5.91 Å². The zero-order valence-electron chi connectivity index (χ0n) is 11.9. The van der Waals surface area contributed by atoms with E-state index in [1.165, 1.54) is 0 Å². The summed E-state index contributed by atoms with van der Waals surface area (Å²) < 4.78 is 5.03. The van der Waals surface area contributed by atoms with E-state index in [0.717, 1.165) is 22.4 Å². The van der Waals surface area contributed by atoms with Gasteiger partial charge in [0.1, 0.15) is 0 Å². The van der Waals surface area contributed by atoms with E-state index in [1.54, 1.807) is 31.1 Å². The van der Waals surface area contributed by atoms with Crippen LogP contribution in [0.4, 0.5) is 0 Å². The van der Waals surface area contributed by atoms with Crippen LogP contribution in [0.15, 0.2) is 65.9 Å². The Hall–Kier alpha value is -2.95. The van der Waals surface area contributed by atoms with E-state index in [-0.39, 0.29) is 5.91 Å². The van der Waals surface area contributed by atoms with Gasteiger partial charge in [-0.3, -0.25) is 14.8 Å². The molecule has 0 saturated carbocycles. The first-order valence-corrected chi connectivity index (χ1v) is 6.94. The SMILES string of the molecule is O=C(Cc1cccnc1)NCc1ccc(-c2ccoc2)nc1. The lowest BCUT2D eigenvalue weighted by atomic mass is 10.2. The number of nitrogens with zero attached hydrogens (tertiary/aromatic N) is 2. The van der Waals surface area contributed by atoms with E-state index in [4.69, 9.17) is 4.42 Å². The zero-order valence-corrected chi connectivity index (χ0v) is 11.9. The maximum atomic E-state index is 11.9. The van der Waals surface area contributed by atoms with Crippen molar-refractivity contribution in [1.29, 1.82) is 0 Å². The fraction of sp³-hybridized carbons (Fsp3) is 0.118. The van der Waals surface area contributed by atoms with Crippen LogP contribution in [-0.2, 0) is 17.8 Å². The van der Waals surface area contributed by atoms with Gasteiger partial charge in [-0.05, 0) is 29.3 Å². The number of nitrogens with one attached hydrogen (secondary N) is 1. The molecule has 0 aliphatic carbocycles. The fourth-order valence-corrected chi connectivity index (χ4v) is 2.06. The van der Waals surface area contributed by atoms with Gasteiger partial charge in [0.2, 0.25) is 5.91 Å². The first kappa shape index (κ1) is 14.0. The summed E-state index contributed by atoms with van der Waals surface area (Å²) in [5, 5.41) is 2.88. The molecule has 3 aromatic rings. The van der Waals surface area contributed by atoms with Crippen molar-refractivity contribution in [1.82, 2.24) is 15.3 Å². The van der Waals surface area contributed by atoms with Gasteiger partial charge < -0.3 is 9.73 Å². The molecule has 0 aliphatic heterocycles. The van der Waals surface area contributed by atoms with Gasteiger partial charge in [0.05, 0.1) is 24.6 Å². The molecule has 3 heterocycles. The second-order valence-corrected chi connectivity index (χ2v) is 4.88. The monoisotopic (exact) mass is 293 g/mol. The van der Waals surface area contributed by atoms with Gasteiger partial charge in [0, 0.05) is 30.7 Å². The Balaban J connectivity index is 1.54. The summed E-state index contributed by atoms with van der Waals surface area (Å²) in [5.41, 5.74) is 3.63. The van der Waals surface area contributed by atoms with Crippen LogP contribution < -0.4 is 5.32 Å². The summed E-state index contributed by atoms with van der Waals surface area (Å²) >= 11 is 0. The molecule has 3 aromatic heterocycles. The largest absolute Gasteiger partial charge is 0.472 e. The molecule has 1 amide bonds.